The van der Waals surface area contributed by atoms with Crippen LogP contribution in [0.25, 0.3) is 10.9 Å². The second-order valence-electron chi connectivity index (χ2n) is 6.56. The first-order valence-corrected chi connectivity index (χ1v) is 9.44. The summed E-state index contributed by atoms with van der Waals surface area (Å²) in [6.45, 7) is 4.12. The van der Waals surface area contributed by atoms with E-state index in [-0.39, 0.29) is 24.1 Å². The number of aromatic amines is 1. The van der Waals surface area contributed by atoms with Crippen LogP contribution in [-0.2, 0) is 6.54 Å². The summed E-state index contributed by atoms with van der Waals surface area (Å²) >= 11 is 6.10. The summed E-state index contributed by atoms with van der Waals surface area (Å²) in [6.07, 6.45) is 0.742. The molecule has 3 rings (SSSR count). The Morgan fingerprint density at radius 2 is 2.04 bits per heavy atom. The first kappa shape index (κ1) is 19.9. The van der Waals surface area contributed by atoms with Crippen LogP contribution in [0.15, 0.2) is 47.3 Å². The molecule has 0 unspecified atom stereocenters. The minimum absolute atomic E-state index is 0.0760. The topological polar surface area (TPSA) is 75.3 Å². The van der Waals surface area contributed by atoms with Gasteiger partial charge < -0.3 is 14.6 Å². The predicted molar refractivity (Wildman–Crippen MR) is 110 cm³/mol. The minimum Gasteiger partial charge on any atom is -0.496 e. The molecular formula is C21H22ClN3O3. The van der Waals surface area contributed by atoms with Crippen LogP contribution < -0.4 is 10.3 Å². The van der Waals surface area contributed by atoms with E-state index in [1.165, 1.54) is 7.11 Å². The molecule has 0 spiro atoms. The summed E-state index contributed by atoms with van der Waals surface area (Å²) in [7, 11) is 1.51. The van der Waals surface area contributed by atoms with Crippen LogP contribution in [-0.4, -0.2) is 33.9 Å². The summed E-state index contributed by atoms with van der Waals surface area (Å²) in [5, 5.41) is 0.967. The number of fused-ring (bicyclic) bond motifs is 1. The molecule has 0 saturated heterocycles. The Morgan fingerprint density at radius 3 is 2.75 bits per heavy atom. The van der Waals surface area contributed by atoms with Gasteiger partial charge in [-0.3, -0.25) is 9.59 Å². The fourth-order valence-corrected chi connectivity index (χ4v) is 3.19. The zero-order valence-corrected chi connectivity index (χ0v) is 16.8. The van der Waals surface area contributed by atoms with Crippen molar-refractivity contribution in [1.82, 2.24) is 14.9 Å². The third-order valence-corrected chi connectivity index (χ3v) is 4.99. The highest BCUT2D eigenvalue weighted by Gasteiger charge is 2.25. The van der Waals surface area contributed by atoms with E-state index in [0.717, 1.165) is 6.42 Å². The van der Waals surface area contributed by atoms with Gasteiger partial charge in [0, 0.05) is 11.1 Å². The van der Waals surface area contributed by atoms with E-state index < -0.39 is 0 Å². The number of nitrogens with one attached hydrogen (secondary N) is 1. The number of ether oxygens (including phenoxy) is 1. The number of benzene rings is 2. The third kappa shape index (κ3) is 4.02. The summed E-state index contributed by atoms with van der Waals surface area (Å²) in [5.74, 6) is 0.644. The molecule has 28 heavy (non-hydrogen) atoms. The zero-order valence-electron chi connectivity index (χ0n) is 16.0. The fraction of sp³-hybridized carbons (Fsp3) is 0.286. The molecule has 0 aliphatic carbocycles. The Kier molecular flexibility index (Phi) is 5.99. The number of carbonyl (C=O) groups excluding carboxylic acids is 1. The fourth-order valence-electron chi connectivity index (χ4n) is 3.02. The van der Waals surface area contributed by atoms with Crippen LogP contribution in [0.5, 0.6) is 5.75 Å². The van der Waals surface area contributed by atoms with E-state index >= 15 is 0 Å². The van der Waals surface area contributed by atoms with E-state index in [2.05, 4.69) is 9.97 Å². The van der Waals surface area contributed by atoms with Crippen molar-refractivity contribution in [3.8, 4) is 5.75 Å². The maximum absolute atomic E-state index is 13.3. The minimum atomic E-state index is -0.232. The second-order valence-corrected chi connectivity index (χ2v) is 7.00. The summed E-state index contributed by atoms with van der Waals surface area (Å²) in [4.78, 5) is 34.6. The predicted octanol–water partition coefficient (Wildman–Crippen LogP) is 4.03. The van der Waals surface area contributed by atoms with E-state index in [1.807, 2.05) is 19.9 Å². The number of H-pyrrole nitrogens is 1. The molecule has 1 heterocycles. The number of hydrogen-bond donors (Lipinski definition) is 1. The highest BCUT2D eigenvalue weighted by molar-refractivity contribution is 6.31. The molecule has 3 aromatic rings. The Bertz CT molecular complexity index is 1060. The van der Waals surface area contributed by atoms with Gasteiger partial charge in [-0.1, -0.05) is 30.7 Å². The van der Waals surface area contributed by atoms with Gasteiger partial charge in [0.05, 0.1) is 30.1 Å². The largest absolute Gasteiger partial charge is 0.496 e. The molecule has 7 heteroatoms. The molecule has 0 aliphatic heterocycles. The van der Waals surface area contributed by atoms with Crippen molar-refractivity contribution in [3.63, 3.8) is 0 Å². The molecule has 1 amide bonds. The average Bonchev–Trinajstić information content (AvgIpc) is 2.71. The summed E-state index contributed by atoms with van der Waals surface area (Å²) in [6, 6.07) is 12.0. The molecule has 0 fully saturated rings. The first-order chi connectivity index (χ1) is 13.4. The number of carbonyl (C=O) groups is 1. The van der Waals surface area contributed by atoms with Crippen molar-refractivity contribution in [2.45, 2.75) is 32.9 Å². The summed E-state index contributed by atoms with van der Waals surface area (Å²) < 4.78 is 5.33. The molecule has 0 bridgehead atoms. The first-order valence-electron chi connectivity index (χ1n) is 9.07. The highest BCUT2D eigenvalue weighted by Crippen LogP contribution is 2.26. The number of amides is 1. The molecule has 1 aromatic heterocycles. The second kappa shape index (κ2) is 8.44. The van der Waals surface area contributed by atoms with Gasteiger partial charge in [-0.15, -0.1) is 0 Å². The number of halogens is 1. The van der Waals surface area contributed by atoms with Crippen molar-refractivity contribution in [2.24, 2.45) is 0 Å². The molecule has 146 valence electrons. The van der Waals surface area contributed by atoms with E-state index in [1.54, 1.807) is 41.3 Å². The molecule has 1 atom stereocenters. The van der Waals surface area contributed by atoms with E-state index in [0.29, 0.717) is 33.1 Å². The van der Waals surface area contributed by atoms with Gasteiger partial charge >= 0.3 is 0 Å². The molecule has 6 nitrogen and oxygen atoms in total. The Hall–Kier alpha value is -2.86. The van der Waals surface area contributed by atoms with Crippen molar-refractivity contribution in [3.05, 3.63) is 69.2 Å². The Labute approximate surface area is 168 Å². The van der Waals surface area contributed by atoms with Gasteiger partial charge in [0.1, 0.15) is 11.6 Å². The maximum Gasteiger partial charge on any atom is 0.258 e. The van der Waals surface area contributed by atoms with Crippen molar-refractivity contribution in [1.29, 1.82) is 0 Å². The molecule has 1 N–H and O–H groups in total. The van der Waals surface area contributed by atoms with E-state index in [9.17, 15) is 9.59 Å². The van der Waals surface area contributed by atoms with Crippen LogP contribution >= 0.6 is 11.6 Å². The smallest absolute Gasteiger partial charge is 0.258 e. The van der Waals surface area contributed by atoms with Crippen LogP contribution in [0, 0.1) is 0 Å². The highest BCUT2D eigenvalue weighted by atomic mass is 35.5. The van der Waals surface area contributed by atoms with Crippen LogP contribution in [0.2, 0.25) is 5.02 Å². The van der Waals surface area contributed by atoms with Crippen LogP contribution in [0.3, 0.4) is 0 Å². The molecule has 2 aromatic carbocycles. The normalized spacial score (nSPS) is 12.0. The van der Waals surface area contributed by atoms with Crippen molar-refractivity contribution < 1.29 is 9.53 Å². The van der Waals surface area contributed by atoms with Crippen LogP contribution in [0.4, 0.5) is 0 Å². The standard InChI is InChI=1S/C21H22ClN3O3/c1-4-13(2)25(21(27)16-11-14(22)9-10-18(16)28-3)12-19-23-17-8-6-5-7-15(17)20(26)24-19/h5-11,13H,4,12H2,1-3H3,(H,23,24,26)/t13-/m1/s1. The van der Waals surface area contributed by atoms with Gasteiger partial charge in [-0.05, 0) is 43.7 Å². The lowest BCUT2D eigenvalue weighted by Crippen LogP contribution is -2.39. The Morgan fingerprint density at radius 1 is 1.29 bits per heavy atom. The van der Waals surface area contributed by atoms with E-state index in [4.69, 9.17) is 16.3 Å². The average molecular weight is 400 g/mol. The maximum atomic E-state index is 13.3. The molecule has 0 aliphatic rings. The van der Waals surface area contributed by atoms with Gasteiger partial charge in [-0.25, -0.2) is 4.98 Å². The number of hydrogen-bond acceptors (Lipinski definition) is 4. The Balaban J connectivity index is 2.01. The molecular weight excluding hydrogens is 378 g/mol. The lowest BCUT2D eigenvalue weighted by Gasteiger charge is -2.29. The third-order valence-electron chi connectivity index (χ3n) is 4.76. The monoisotopic (exact) mass is 399 g/mol. The molecule has 0 radical (unpaired) electrons. The number of rotatable bonds is 6. The number of methoxy groups -OCH3 is 1. The lowest BCUT2D eigenvalue weighted by atomic mass is 10.1. The number of nitrogens with zero attached hydrogens (tertiary/aromatic N) is 2. The quantitative estimate of drug-likeness (QED) is 0.679. The van der Waals surface area contributed by atoms with Gasteiger partial charge in [0.2, 0.25) is 0 Å². The zero-order chi connectivity index (χ0) is 20.3. The number of para-hydroxylation sites is 1. The summed E-state index contributed by atoms with van der Waals surface area (Å²) in [5.41, 5.74) is 0.744. The lowest BCUT2D eigenvalue weighted by molar-refractivity contribution is 0.0662. The van der Waals surface area contributed by atoms with Gasteiger partial charge in [0.25, 0.3) is 11.5 Å². The molecule has 0 saturated carbocycles. The number of aromatic nitrogens is 2. The van der Waals surface area contributed by atoms with Crippen molar-refractivity contribution in [2.75, 3.05) is 7.11 Å². The SMILES string of the molecule is CC[C@@H](C)N(Cc1nc2ccccc2c(=O)[nH]1)C(=O)c1cc(Cl)ccc1OC. The van der Waals surface area contributed by atoms with Crippen molar-refractivity contribution >= 4 is 28.4 Å². The van der Waals surface area contributed by atoms with Crippen LogP contribution in [0.1, 0.15) is 36.5 Å². The van der Waals surface area contributed by atoms with Gasteiger partial charge in [0.15, 0.2) is 0 Å². The van der Waals surface area contributed by atoms with Gasteiger partial charge in [-0.2, -0.15) is 0 Å².